The van der Waals surface area contributed by atoms with Crippen LogP contribution in [0.4, 0.5) is 0 Å². The fourth-order valence-corrected chi connectivity index (χ4v) is 8.26. The van der Waals surface area contributed by atoms with E-state index in [0.717, 1.165) is 44.2 Å². The van der Waals surface area contributed by atoms with Gasteiger partial charge in [-0.15, -0.1) is 5.06 Å². The number of oxime groups is 1. The molecule has 2 amide bonds. The Labute approximate surface area is 206 Å². The highest BCUT2D eigenvalue weighted by Crippen LogP contribution is 2.66. The van der Waals surface area contributed by atoms with Gasteiger partial charge in [-0.25, -0.2) is 4.79 Å². The van der Waals surface area contributed by atoms with Gasteiger partial charge in [0.05, 0.1) is 5.71 Å². The van der Waals surface area contributed by atoms with E-state index < -0.39 is 24.4 Å². The van der Waals surface area contributed by atoms with E-state index >= 15 is 0 Å². The van der Waals surface area contributed by atoms with Crippen LogP contribution in [0.25, 0.3) is 0 Å². The van der Waals surface area contributed by atoms with Crippen LogP contribution in [-0.4, -0.2) is 40.9 Å². The van der Waals surface area contributed by atoms with Crippen LogP contribution in [0.5, 0.6) is 0 Å². The largest absolute Gasteiger partial charge is 0.383 e. The fourth-order valence-electron chi connectivity index (χ4n) is 8.26. The highest BCUT2D eigenvalue weighted by molar-refractivity contribution is 6.01. The maximum atomic E-state index is 12.3. The molecule has 4 unspecified atom stereocenters. The summed E-state index contributed by atoms with van der Waals surface area (Å²) in [5, 5.41) is 4.69. The number of rotatable bonds is 5. The van der Waals surface area contributed by atoms with Crippen LogP contribution in [0.1, 0.15) is 85.0 Å². The van der Waals surface area contributed by atoms with Gasteiger partial charge in [-0.2, -0.15) is 0 Å². The minimum Gasteiger partial charge on any atom is -0.383 e. The number of carbonyl (C=O) groups is 4. The number of imide groups is 1. The quantitative estimate of drug-likeness (QED) is 0.429. The normalized spacial score (nSPS) is 39.6. The molecule has 8 heteroatoms. The third-order valence-electron chi connectivity index (χ3n) is 10.0. The Balaban J connectivity index is 1.22. The summed E-state index contributed by atoms with van der Waals surface area (Å²) < 4.78 is 0. The van der Waals surface area contributed by atoms with Gasteiger partial charge >= 0.3 is 5.97 Å². The Morgan fingerprint density at radius 1 is 1.00 bits per heavy atom. The van der Waals surface area contributed by atoms with E-state index in [9.17, 15) is 19.2 Å². The monoisotopic (exact) mass is 484 g/mol. The number of Topliss-reactive ketones (excluding diaryl/α,β-unsaturated/α-hetero) is 1. The van der Waals surface area contributed by atoms with Crippen molar-refractivity contribution in [3.8, 4) is 0 Å². The zero-order valence-electron chi connectivity index (χ0n) is 21.0. The molecule has 0 radical (unpaired) electrons. The molecule has 0 bridgehead atoms. The molecule has 5 rings (SSSR count). The lowest BCUT2D eigenvalue weighted by Crippen LogP contribution is -2.51. The second kappa shape index (κ2) is 8.86. The van der Waals surface area contributed by atoms with Gasteiger partial charge in [-0.3, -0.25) is 14.4 Å². The molecule has 0 aromatic rings. The minimum absolute atomic E-state index is 0.0563. The molecular formula is C27H36N2O6. The Morgan fingerprint density at radius 3 is 2.46 bits per heavy atom. The number of hydrogen-bond acceptors (Lipinski definition) is 7. The van der Waals surface area contributed by atoms with E-state index in [1.807, 2.05) is 0 Å². The first-order valence-corrected chi connectivity index (χ1v) is 13.1. The number of fused-ring (bicyclic) bond motifs is 5. The van der Waals surface area contributed by atoms with E-state index in [0.29, 0.717) is 28.6 Å². The Hall–Kier alpha value is -2.51. The highest BCUT2D eigenvalue weighted by atomic mass is 16.7. The van der Waals surface area contributed by atoms with E-state index in [2.05, 4.69) is 25.1 Å². The van der Waals surface area contributed by atoms with Gasteiger partial charge in [0, 0.05) is 18.8 Å². The lowest BCUT2D eigenvalue weighted by atomic mass is 9.46. The molecule has 8 nitrogen and oxygen atoms in total. The fraction of sp³-hybridized carbons (Fsp3) is 0.741. The van der Waals surface area contributed by atoms with Crippen molar-refractivity contribution in [1.29, 1.82) is 0 Å². The summed E-state index contributed by atoms with van der Waals surface area (Å²) in [4.78, 5) is 57.5. The minimum atomic E-state index is -0.822. The third kappa shape index (κ3) is 4.02. The zero-order valence-corrected chi connectivity index (χ0v) is 21.0. The zero-order chi connectivity index (χ0) is 25.0. The molecule has 35 heavy (non-hydrogen) atoms. The molecule has 190 valence electrons. The summed E-state index contributed by atoms with van der Waals surface area (Å²) in [5.41, 5.74) is 2.55. The number of carbonyl (C=O) groups excluding carboxylic acids is 4. The van der Waals surface area contributed by atoms with E-state index in [-0.39, 0.29) is 29.6 Å². The van der Waals surface area contributed by atoms with E-state index in [4.69, 9.17) is 9.68 Å². The molecule has 6 atom stereocenters. The highest BCUT2D eigenvalue weighted by Gasteiger charge is 2.59. The first-order chi connectivity index (χ1) is 16.6. The number of amides is 2. The van der Waals surface area contributed by atoms with Crippen molar-refractivity contribution < 1.29 is 28.9 Å². The lowest BCUT2D eigenvalue weighted by molar-refractivity contribution is -0.200. The second-order valence-corrected chi connectivity index (χ2v) is 11.7. The van der Waals surface area contributed by atoms with Crippen molar-refractivity contribution in [2.75, 3.05) is 6.61 Å². The lowest BCUT2D eigenvalue weighted by Gasteiger charge is -2.58. The van der Waals surface area contributed by atoms with E-state index in [1.54, 1.807) is 6.92 Å². The van der Waals surface area contributed by atoms with E-state index in [1.165, 1.54) is 18.4 Å². The van der Waals surface area contributed by atoms with Crippen LogP contribution in [0.15, 0.2) is 16.8 Å². The molecule has 1 heterocycles. The number of nitrogens with zero attached hydrogens (tertiary/aromatic N) is 2. The van der Waals surface area contributed by atoms with Crippen molar-refractivity contribution in [3.05, 3.63) is 11.6 Å². The summed E-state index contributed by atoms with van der Waals surface area (Å²) in [6.45, 7) is 6.12. The molecule has 1 aliphatic heterocycles. The van der Waals surface area contributed by atoms with Crippen molar-refractivity contribution >= 4 is 29.3 Å². The molecule has 4 fully saturated rings. The van der Waals surface area contributed by atoms with Crippen LogP contribution in [0.2, 0.25) is 0 Å². The number of hydroxylamine groups is 2. The Morgan fingerprint density at radius 2 is 1.74 bits per heavy atom. The van der Waals surface area contributed by atoms with Crippen LogP contribution in [0.3, 0.4) is 0 Å². The molecule has 0 aromatic heterocycles. The number of hydrogen-bond donors (Lipinski definition) is 0. The van der Waals surface area contributed by atoms with Gasteiger partial charge in [0.2, 0.25) is 6.61 Å². The number of ketones is 1. The van der Waals surface area contributed by atoms with Gasteiger partial charge in [-0.05, 0) is 93.0 Å². The first-order valence-electron chi connectivity index (χ1n) is 13.1. The summed E-state index contributed by atoms with van der Waals surface area (Å²) in [5.74, 6) is 0.716. The predicted octanol–water partition coefficient (Wildman–Crippen LogP) is 4.13. The second-order valence-electron chi connectivity index (χ2n) is 11.7. The smallest absolute Gasteiger partial charge is 0.373 e. The van der Waals surface area contributed by atoms with Gasteiger partial charge in [-0.1, -0.05) is 24.6 Å². The van der Waals surface area contributed by atoms with Gasteiger partial charge in [0.1, 0.15) is 5.78 Å². The Kier molecular flexibility index (Phi) is 6.12. The molecule has 0 N–H and O–H groups in total. The summed E-state index contributed by atoms with van der Waals surface area (Å²) in [7, 11) is 0. The van der Waals surface area contributed by atoms with Crippen LogP contribution in [-0.2, 0) is 28.9 Å². The molecular weight excluding hydrogens is 448 g/mol. The maximum absolute atomic E-state index is 12.3. The predicted molar refractivity (Wildman–Crippen MR) is 126 cm³/mol. The molecule has 0 aromatic carbocycles. The third-order valence-corrected chi connectivity index (χ3v) is 10.0. The first kappa shape index (κ1) is 24.2. The average Bonchev–Trinajstić information content (AvgIpc) is 3.33. The van der Waals surface area contributed by atoms with Crippen LogP contribution < -0.4 is 0 Å². The molecule has 3 saturated carbocycles. The molecule has 5 aliphatic rings. The summed E-state index contributed by atoms with van der Waals surface area (Å²) in [6.07, 6.45) is 10.8. The summed E-state index contributed by atoms with van der Waals surface area (Å²) in [6, 6.07) is 0. The van der Waals surface area contributed by atoms with Crippen LogP contribution in [0, 0.1) is 34.5 Å². The van der Waals surface area contributed by atoms with Crippen molar-refractivity contribution in [2.45, 2.75) is 85.0 Å². The van der Waals surface area contributed by atoms with Crippen molar-refractivity contribution in [1.82, 2.24) is 5.06 Å². The average molecular weight is 485 g/mol. The number of allylic oxidation sites excluding steroid dienone is 2. The van der Waals surface area contributed by atoms with Gasteiger partial charge < -0.3 is 9.68 Å². The Bertz CT molecular complexity index is 1000. The molecule has 4 aliphatic carbocycles. The SMILES string of the molecule is CC(=O)C1CCC2C3CCC4=CC(=NOCC(=O)ON5C(=O)CCC5=O)CC[C@]4(C)C3CC[C@]12C. The van der Waals surface area contributed by atoms with Gasteiger partial charge in [0.15, 0.2) is 0 Å². The topological polar surface area (TPSA) is 102 Å². The summed E-state index contributed by atoms with van der Waals surface area (Å²) >= 11 is 0. The molecule has 1 saturated heterocycles. The maximum Gasteiger partial charge on any atom is 0.373 e. The molecule has 0 spiro atoms. The van der Waals surface area contributed by atoms with Crippen molar-refractivity contribution in [2.24, 2.45) is 39.7 Å². The van der Waals surface area contributed by atoms with Gasteiger partial charge in [0.25, 0.3) is 11.8 Å². The van der Waals surface area contributed by atoms with Crippen molar-refractivity contribution in [3.63, 3.8) is 0 Å². The standard InChI is InChI=1S/C27H36N2O6/c1-16(30)20-6-7-21-19-5-4-17-14-18(10-12-26(17,2)22(19)11-13-27(20,21)3)28-34-15-25(33)35-29-23(31)8-9-24(29)32/h14,19-22H,4-13,15H2,1-3H3/t19?,20?,21?,22?,26-,27+/m0/s1. The van der Waals surface area contributed by atoms with Crippen LogP contribution >= 0.6 is 0 Å².